The Hall–Kier alpha value is -0.120. The molecule has 1 aliphatic rings. The van der Waals surface area contributed by atoms with Crippen LogP contribution in [-0.4, -0.2) is 51.3 Å². The van der Waals surface area contributed by atoms with Crippen LogP contribution >= 0.6 is 0 Å². The zero-order chi connectivity index (χ0) is 10.4. The van der Waals surface area contributed by atoms with Gasteiger partial charge in [0, 0.05) is 19.7 Å². The average Bonchev–Trinajstić information content (AvgIpc) is 2.19. The van der Waals surface area contributed by atoms with Crippen LogP contribution in [0.1, 0.15) is 19.8 Å². The second-order valence-corrected chi connectivity index (χ2v) is 4.44. The fourth-order valence-corrected chi connectivity index (χ4v) is 2.02. The number of hydrogen-bond donors (Lipinski definition) is 1. The van der Waals surface area contributed by atoms with Gasteiger partial charge in [-0.3, -0.25) is 0 Å². The highest BCUT2D eigenvalue weighted by Gasteiger charge is 2.17. The van der Waals surface area contributed by atoms with E-state index in [0.29, 0.717) is 6.04 Å². The summed E-state index contributed by atoms with van der Waals surface area (Å²) < 4.78 is 5.16. The van der Waals surface area contributed by atoms with Gasteiger partial charge in [0.25, 0.3) is 0 Å². The van der Waals surface area contributed by atoms with Gasteiger partial charge in [0.15, 0.2) is 0 Å². The molecule has 0 aromatic rings. The monoisotopic (exact) mass is 200 g/mol. The van der Waals surface area contributed by atoms with E-state index in [1.54, 1.807) is 7.11 Å². The summed E-state index contributed by atoms with van der Waals surface area (Å²) in [5.41, 5.74) is 0. The molecule has 0 aromatic heterocycles. The van der Waals surface area contributed by atoms with Crippen LogP contribution in [0.15, 0.2) is 0 Å². The molecule has 0 spiro atoms. The molecular formula is C11H24N2O. The van der Waals surface area contributed by atoms with E-state index >= 15 is 0 Å². The molecule has 84 valence electrons. The molecule has 1 atom stereocenters. The smallest absolute Gasteiger partial charge is 0.0615 e. The first kappa shape index (κ1) is 12.0. The van der Waals surface area contributed by atoms with Crippen molar-refractivity contribution >= 4 is 0 Å². The predicted octanol–water partition coefficient (Wildman–Crippen LogP) is 0.953. The molecule has 1 heterocycles. The first-order valence-corrected chi connectivity index (χ1v) is 5.64. The molecule has 0 amide bonds. The fraction of sp³-hybridized carbons (Fsp3) is 1.00. The highest BCUT2D eigenvalue weighted by molar-refractivity contribution is 4.73. The minimum absolute atomic E-state index is 0.537. The maximum absolute atomic E-state index is 5.16. The van der Waals surface area contributed by atoms with E-state index < -0.39 is 0 Å². The second kappa shape index (κ2) is 6.38. The van der Waals surface area contributed by atoms with Crippen LogP contribution < -0.4 is 5.32 Å². The first-order valence-electron chi connectivity index (χ1n) is 5.64. The molecule has 0 bridgehead atoms. The molecule has 0 aliphatic carbocycles. The highest BCUT2D eigenvalue weighted by Crippen LogP contribution is 2.13. The molecule has 3 nitrogen and oxygen atoms in total. The second-order valence-electron chi connectivity index (χ2n) is 4.44. The number of piperidine rings is 1. The Bertz CT molecular complexity index is 146. The number of hydrogen-bond acceptors (Lipinski definition) is 3. The summed E-state index contributed by atoms with van der Waals surface area (Å²) >= 11 is 0. The van der Waals surface area contributed by atoms with Crippen LogP contribution in [0.3, 0.4) is 0 Å². The number of methoxy groups -OCH3 is 1. The van der Waals surface area contributed by atoms with Crippen LogP contribution in [-0.2, 0) is 4.74 Å². The Morgan fingerprint density at radius 1 is 1.43 bits per heavy atom. The summed E-state index contributed by atoms with van der Waals surface area (Å²) in [4.78, 5) is 2.42. The van der Waals surface area contributed by atoms with Gasteiger partial charge in [-0.15, -0.1) is 0 Å². The van der Waals surface area contributed by atoms with Crippen molar-refractivity contribution in [3.05, 3.63) is 0 Å². The molecule has 1 saturated heterocycles. The maximum Gasteiger partial charge on any atom is 0.0615 e. The summed E-state index contributed by atoms with van der Waals surface area (Å²) in [6.07, 6.45) is 2.65. The molecule has 0 aromatic carbocycles. The van der Waals surface area contributed by atoms with Gasteiger partial charge in [-0.2, -0.15) is 0 Å². The quantitative estimate of drug-likeness (QED) is 0.715. The van der Waals surface area contributed by atoms with Crippen LogP contribution in [0.2, 0.25) is 0 Å². The predicted molar refractivity (Wildman–Crippen MR) is 59.6 cm³/mol. The molecule has 0 radical (unpaired) electrons. The van der Waals surface area contributed by atoms with Gasteiger partial charge in [0.05, 0.1) is 6.61 Å². The van der Waals surface area contributed by atoms with E-state index in [4.69, 9.17) is 4.74 Å². The third-order valence-electron chi connectivity index (χ3n) is 3.17. The number of likely N-dealkylation sites (N-methyl/N-ethyl adjacent to an activating group) is 1. The van der Waals surface area contributed by atoms with Crippen molar-refractivity contribution in [1.82, 2.24) is 10.2 Å². The third-order valence-corrected chi connectivity index (χ3v) is 3.17. The average molecular weight is 200 g/mol. The van der Waals surface area contributed by atoms with Crippen LogP contribution in [0.4, 0.5) is 0 Å². The standard InChI is InChI=1S/C11H24N2O/c1-10(9-14-3)13(2)8-11-4-6-12-7-5-11/h10-12H,4-9H2,1-3H3. The fourth-order valence-electron chi connectivity index (χ4n) is 2.02. The minimum atomic E-state index is 0.537. The van der Waals surface area contributed by atoms with E-state index in [1.807, 2.05) is 0 Å². The van der Waals surface area contributed by atoms with Crippen molar-refractivity contribution in [2.75, 3.05) is 40.4 Å². The van der Waals surface area contributed by atoms with E-state index in [0.717, 1.165) is 12.5 Å². The molecule has 3 heteroatoms. The number of rotatable bonds is 5. The lowest BCUT2D eigenvalue weighted by molar-refractivity contribution is 0.101. The van der Waals surface area contributed by atoms with Gasteiger partial charge < -0.3 is 15.0 Å². The summed E-state index contributed by atoms with van der Waals surface area (Å²) in [6.45, 7) is 6.66. The molecule has 1 N–H and O–H groups in total. The van der Waals surface area contributed by atoms with Crippen molar-refractivity contribution in [3.63, 3.8) is 0 Å². The van der Waals surface area contributed by atoms with Gasteiger partial charge in [-0.05, 0) is 45.8 Å². The lowest BCUT2D eigenvalue weighted by Crippen LogP contribution is -2.39. The van der Waals surface area contributed by atoms with Gasteiger partial charge in [0.2, 0.25) is 0 Å². The van der Waals surface area contributed by atoms with Crippen LogP contribution in [0, 0.1) is 5.92 Å². The molecule has 1 rings (SSSR count). The van der Waals surface area contributed by atoms with E-state index in [-0.39, 0.29) is 0 Å². The Kier molecular flexibility index (Phi) is 5.45. The lowest BCUT2D eigenvalue weighted by Gasteiger charge is -2.30. The van der Waals surface area contributed by atoms with E-state index in [9.17, 15) is 0 Å². The SMILES string of the molecule is COCC(C)N(C)CC1CCNCC1. The molecule has 0 saturated carbocycles. The lowest BCUT2D eigenvalue weighted by atomic mass is 9.97. The number of ether oxygens (including phenoxy) is 1. The number of nitrogens with one attached hydrogen (secondary N) is 1. The Labute approximate surface area is 87.8 Å². The van der Waals surface area contributed by atoms with Gasteiger partial charge in [-0.25, -0.2) is 0 Å². The summed E-state index contributed by atoms with van der Waals surface area (Å²) in [5.74, 6) is 0.876. The number of nitrogens with zero attached hydrogens (tertiary/aromatic N) is 1. The normalized spacial score (nSPS) is 21.4. The van der Waals surface area contributed by atoms with Gasteiger partial charge in [0.1, 0.15) is 0 Å². The van der Waals surface area contributed by atoms with Crippen LogP contribution in [0.5, 0.6) is 0 Å². The zero-order valence-electron chi connectivity index (χ0n) is 9.75. The largest absolute Gasteiger partial charge is 0.383 e. The minimum Gasteiger partial charge on any atom is -0.383 e. The Morgan fingerprint density at radius 2 is 2.07 bits per heavy atom. The summed E-state index contributed by atoms with van der Waals surface area (Å²) in [7, 11) is 3.97. The zero-order valence-corrected chi connectivity index (χ0v) is 9.75. The van der Waals surface area contributed by atoms with E-state index in [2.05, 4.69) is 24.2 Å². The van der Waals surface area contributed by atoms with Gasteiger partial charge >= 0.3 is 0 Å². The topological polar surface area (TPSA) is 24.5 Å². The molecule has 14 heavy (non-hydrogen) atoms. The Balaban J connectivity index is 2.20. The van der Waals surface area contributed by atoms with E-state index in [1.165, 1.54) is 32.5 Å². The van der Waals surface area contributed by atoms with Crippen molar-refractivity contribution < 1.29 is 4.74 Å². The van der Waals surface area contributed by atoms with Crippen molar-refractivity contribution in [1.29, 1.82) is 0 Å². The molecular weight excluding hydrogens is 176 g/mol. The van der Waals surface area contributed by atoms with Gasteiger partial charge in [-0.1, -0.05) is 0 Å². The maximum atomic E-state index is 5.16. The first-order chi connectivity index (χ1) is 6.74. The Morgan fingerprint density at radius 3 is 2.64 bits per heavy atom. The summed E-state index contributed by atoms with van der Waals surface area (Å²) in [6, 6.07) is 0.537. The van der Waals surface area contributed by atoms with Crippen molar-refractivity contribution in [2.45, 2.75) is 25.8 Å². The molecule has 1 unspecified atom stereocenters. The third kappa shape index (κ3) is 3.95. The highest BCUT2D eigenvalue weighted by atomic mass is 16.5. The van der Waals surface area contributed by atoms with Crippen molar-refractivity contribution in [2.24, 2.45) is 5.92 Å². The molecule has 1 aliphatic heterocycles. The van der Waals surface area contributed by atoms with Crippen molar-refractivity contribution in [3.8, 4) is 0 Å². The van der Waals surface area contributed by atoms with Crippen LogP contribution in [0.25, 0.3) is 0 Å². The summed E-state index contributed by atoms with van der Waals surface area (Å²) in [5, 5.41) is 3.40. The molecule has 1 fully saturated rings.